The van der Waals surface area contributed by atoms with E-state index in [0.717, 1.165) is 28.0 Å². The van der Waals surface area contributed by atoms with Crippen molar-refractivity contribution >= 4 is 16.7 Å². The van der Waals surface area contributed by atoms with Gasteiger partial charge in [-0.25, -0.2) is 9.97 Å². The Morgan fingerprint density at radius 3 is 2.58 bits per heavy atom. The topological polar surface area (TPSA) is 76.8 Å². The molecule has 0 aliphatic rings. The SMILES string of the molecule is COc1ccc(-c2nc(C)nc3[nH]cc(N)c23)cc1. The zero-order valence-electron chi connectivity index (χ0n) is 10.8. The highest BCUT2D eigenvalue weighted by Gasteiger charge is 2.12. The molecule has 0 spiro atoms. The number of ether oxygens (including phenoxy) is 1. The van der Waals surface area contributed by atoms with Crippen LogP contribution in [0.2, 0.25) is 0 Å². The highest BCUT2D eigenvalue weighted by Crippen LogP contribution is 2.30. The van der Waals surface area contributed by atoms with Crippen molar-refractivity contribution in [2.75, 3.05) is 12.8 Å². The van der Waals surface area contributed by atoms with Crippen LogP contribution >= 0.6 is 0 Å². The molecular formula is C14H14N4O. The summed E-state index contributed by atoms with van der Waals surface area (Å²) in [4.78, 5) is 11.9. The molecule has 0 amide bonds. The fourth-order valence-corrected chi connectivity index (χ4v) is 2.13. The van der Waals surface area contributed by atoms with Gasteiger partial charge >= 0.3 is 0 Å². The monoisotopic (exact) mass is 254 g/mol. The molecule has 19 heavy (non-hydrogen) atoms. The third kappa shape index (κ3) is 1.89. The maximum atomic E-state index is 5.98. The number of methoxy groups -OCH3 is 1. The number of rotatable bonds is 2. The second kappa shape index (κ2) is 4.28. The lowest BCUT2D eigenvalue weighted by molar-refractivity contribution is 0.415. The average Bonchev–Trinajstić information content (AvgIpc) is 2.79. The standard InChI is InChI=1S/C14H14N4O/c1-8-17-13(9-3-5-10(19-2)6-4-9)12-11(15)7-16-14(12)18-8/h3-7H,15H2,1-2H3,(H,16,17,18). The van der Waals surface area contributed by atoms with E-state index in [2.05, 4.69) is 15.0 Å². The minimum absolute atomic E-state index is 0.654. The highest BCUT2D eigenvalue weighted by atomic mass is 16.5. The van der Waals surface area contributed by atoms with Gasteiger partial charge in [0, 0.05) is 11.8 Å². The molecule has 3 aromatic rings. The first-order chi connectivity index (χ1) is 9.19. The lowest BCUT2D eigenvalue weighted by Crippen LogP contribution is -1.94. The number of nitrogens with zero attached hydrogens (tertiary/aromatic N) is 2. The Kier molecular flexibility index (Phi) is 2.59. The van der Waals surface area contributed by atoms with Crippen LogP contribution in [-0.2, 0) is 0 Å². The van der Waals surface area contributed by atoms with Crippen molar-refractivity contribution in [3.05, 3.63) is 36.3 Å². The van der Waals surface area contributed by atoms with E-state index in [0.29, 0.717) is 11.5 Å². The van der Waals surface area contributed by atoms with Gasteiger partial charge < -0.3 is 15.5 Å². The molecule has 3 rings (SSSR count). The average molecular weight is 254 g/mol. The van der Waals surface area contributed by atoms with Crippen molar-refractivity contribution in [2.45, 2.75) is 6.92 Å². The molecule has 0 fully saturated rings. The van der Waals surface area contributed by atoms with E-state index < -0.39 is 0 Å². The van der Waals surface area contributed by atoms with Crippen LogP contribution in [0.5, 0.6) is 5.75 Å². The first-order valence-corrected chi connectivity index (χ1v) is 5.94. The lowest BCUT2D eigenvalue weighted by Gasteiger charge is -2.06. The first kappa shape index (κ1) is 11.5. The van der Waals surface area contributed by atoms with E-state index in [-0.39, 0.29) is 0 Å². The molecule has 2 aromatic heterocycles. The van der Waals surface area contributed by atoms with Crippen molar-refractivity contribution in [2.24, 2.45) is 0 Å². The summed E-state index contributed by atoms with van der Waals surface area (Å²) in [5, 5.41) is 0.857. The number of benzene rings is 1. The van der Waals surface area contributed by atoms with Crippen LogP contribution in [0.1, 0.15) is 5.82 Å². The predicted molar refractivity (Wildman–Crippen MR) is 75.0 cm³/mol. The van der Waals surface area contributed by atoms with E-state index in [9.17, 15) is 0 Å². The Morgan fingerprint density at radius 1 is 1.16 bits per heavy atom. The minimum atomic E-state index is 0.654. The van der Waals surface area contributed by atoms with E-state index in [1.165, 1.54) is 0 Å². The molecule has 0 saturated carbocycles. The number of H-pyrrole nitrogens is 1. The Hall–Kier alpha value is -2.56. The Labute approximate surface area is 110 Å². The van der Waals surface area contributed by atoms with Gasteiger partial charge in [0.1, 0.15) is 17.2 Å². The van der Waals surface area contributed by atoms with Gasteiger partial charge in [-0.05, 0) is 31.2 Å². The predicted octanol–water partition coefficient (Wildman–Crippen LogP) is 2.52. The molecule has 0 saturated heterocycles. The Balaban J connectivity index is 2.25. The van der Waals surface area contributed by atoms with Gasteiger partial charge in [-0.1, -0.05) is 0 Å². The Bertz CT molecular complexity index is 731. The molecule has 1 aromatic carbocycles. The fraction of sp³-hybridized carbons (Fsp3) is 0.143. The number of nitrogen functional groups attached to an aromatic ring is 1. The van der Waals surface area contributed by atoms with Crippen molar-refractivity contribution in [3.63, 3.8) is 0 Å². The van der Waals surface area contributed by atoms with Crippen molar-refractivity contribution in [3.8, 4) is 17.0 Å². The molecule has 96 valence electrons. The van der Waals surface area contributed by atoms with Crippen LogP contribution in [0.3, 0.4) is 0 Å². The van der Waals surface area contributed by atoms with Crippen LogP contribution in [0, 0.1) is 6.92 Å². The molecule has 2 heterocycles. The number of aryl methyl sites for hydroxylation is 1. The van der Waals surface area contributed by atoms with Crippen molar-refractivity contribution < 1.29 is 4.74 Å². The molecule has 0 bridgehead atoms. The molecule has 0 atom stereocenters. The summed E-state index contributed by atoms with van der Waals surface area (Å²) in [7, 11) is 1.65. The van der Waals surface area contributed by atoms with Crippen molar-refractivity contribution in [1.82, 2.24) is 15.0 Å². The number of nitrogens with one attached hydrogen (secondary N) is 1. The largest absolute Gasteiger partial charge is 0.497 e. The van der Waals surface area contributed by atoms with Gasteiger partial charge in [-0.2, -0.15) is 0 Å². The maximum absolute atomic E-state index is 5.98. The van der Waals surface area contributed by atoms with Gasteiger partial charge in [0.2, 0.25) is 0 Å². The zero-order valence-corrected chi connectivity index (χ0v) is 10.8. The lowest BCUT2D eigenvalue weighted by atomic mass is 10.1. The van der Waals surface area contributed by atoms with E-state index in [4.69, 9.17) is 10.5 Å². The third-order valence-electron chi connectivity index (χ3n) is 3.04. The summed E-state index contributed by atoms with van der Waals surface area (Å²) < 4.78 is 5.16. The summed E-state index contributed by atoms with van der Waals surface area (Å²) in [6.45, 7) is 1.86. The number of hydrogen-bond donors (Lipinski definition) is 2. The highest BCUT2D eigenvalue weighted by molar-refractivity contribution is 5.99. The molecule has 5 heteroatoms. The second-order valence-corrected chi connectivity index (χ2v) is 4.32. The molecule has 0 radical (unpaired) electrons. The van der Waals surface area contributed by atoms with Gasteiger partial charge in [-0.3, -0.25) is 0 Å². The minimum Gasteiger partial charge on any atom is -0.497 e. The zero-order chi connectivity index (χ0) is 13.4. The number of anilines is 1. The molecule has 0 aliphatic carbocycles. The van der Waals surface area contributed by atoms with Gasteiger partial charge in [0.05, 0.1) is 23.9 Å². The first-order valence-electron chi connectivity index (χ1n) is 5.94. The number of hydrogen-bond acceptors (Lipinski definition) is 4. The summed E-state index contributed by atoms with van der Waals surface area (Å²) >= 11 is 0. The summed E-state index contributed by atoms with van der Waals surface area (Å²) in [5.74, 6) is 1.52. The van der Waals surface area contributed by atoms with E-state index >= 15 is 0 Å². The number of aromatic nitrogens is 3. The smallest absolute Gasteiger partial charge is 0.143 e. The third-order valence-corrected chi connectivity index (χ3v) is 3.04. The van der Waals surface area contributed by atoms with Crippen LogP contribution < -0.4 is 10.5 Å². The molecule has 0 unspecified atom stereocenters. The quantitative estimate of drug-likeness (QED) is 0.736. The van der Waals surface area contributed by atoms with Crippen molar-refractivity contribution in [1.29, 1.82) is 0 Å². The molecular weight excluding hydrogens is 240 g/mol. The van der Waals surface area contributed by atoms with E-state index in [1.54, 1.807) is 13.3 Å². The van der Waals surface area contributed by atoms with Crippen LogP contribution in [0.4, 0.5) is 5.69 Å². The van der Waals surface area contributed by atoms with E-state index in [1.807, 2.05) is 31.2 Å². The molecule has 3 N–H and O–H groups in total. The number of fused-ring (bicyclic) bond motifs is 1. The molecule has 0 aliphatic heterocycles. The maximum Gasteiger partial charge on any atom is 0.143 e. The summed E-state index contributed by atoms with van der Waals surface area (Å²) in [6.07, 6.45) is 1.74. The normalized spacial score (nSPS) is 10.8. The van der Waals surface area contributed by atoms with Gasteiger partial charge in [0.15, 0.2) is 0 Å². The number of aromatic amines is 1. The van der Waals surface area contributed by atoms with Crippen LogP contribution in [0.25, 0.3) is 22.3 Å². The number of nitrogens with two attached hydrogens (primary N) is 1. The van der Waals surface area contributed by atoms with Crippen LogP contribution in [0.15, 0.2) is 30.5 Å². The second-order valence-electron chi connectivity index (χ2n) is 4.32. The Morgan fingerprint density at radius 2 is 1.89 bits per heavy atom. The summed E-state index contributed by atoms with van der Waals surface area (Å²) in [6, 6.07) is 7.74. The fourth-order valence-electron chi connectivity index (χ4n) is 2.13. The molecule has 5 nitrogen and oxygen atoms in total. The van der Waals surface area contributed by atoms with Crippen LogP contribution in [-0.4, -0.2) is 22.1 Å². The van der Waals surface area contributed by atoms with Gasteiger partial charge in [0.25, 0.3) is 0 Å². The summed E-state index contributed by atoms with van der Waals surface area (Å²) in [5.41, 5.74) is 9.22. The van der Waals surface area contributed by atoms with Gasteiger partial charge in [-0.15, -0.1) is 0 Å².